The fourth-order valence-electron chi connectivity index (χ4n) is 2.89. The van der Waals surface area contributed by atoms with E-state index in [1.54, 1.807) is 0 Å². The molecule has 2 aromatic rings. The molecule has 126 valence electrons. The molecule has 5 heteroatoms. The van der Waals surface area contributed by atoms with Crippen LogP contribution in [0, 0.1) is 0 Å². The van der Waals surface area contributed by atoms with E-state index in [1.165, 1.54) is 0 Å². The number of carbonyl (C=O) groups is 1. The van der Waals surface area contributed by atoms with Gasteiger partial charge in [-0.1, -0.05) is 42.5 Å². The molecule has 0 aliphatic carbocycles. The molecule has 2 aromatic carbocycles. The Kier molecular flexibility index (Phi) is 5.53. The number of hydrogen-bond donors (Lipinski definition) is 1. The summed E-state index contributed by atoms with van der Waals surface area (Å²) in [6.07, 6.45) is 0.314. The molecule has 1 heterocycles. The summed E-state index contributed by atoms with van der Waals surface area (Å²) in [5, 5.41) is 3.30. The highest BCUT2D eigenvalue weighted by Gasteiger charge is 2.31. The standard InChI is InChI=1S/C19H21BrN2O2/c1-22(15-11-12-21-13-15)19(23)18(14-7-3-2-4-8-14)24-17-10-6-5-9-16(17)20/h2-10,15,18,21H,11-13H2,1H3. The highest BCUT2D eigenvalue weighted by Crippen LogP contribution is 2.30. The van der Waals surface area contributed by atoms with Gasteiger partial charge < -0.3 is 15.0 Å². The highest BCUT2D eigenvalue weighted by atomic mass is 79.9. The third kappa shape index (κ3) is 3.79. The number of benzene rings is 2. The van der Waals surface area contributed by atoms with Gasteiger partial charge in [0.05, 0.1) is 4.47 Å². The molecule has 2 atom stereocenters. The van der Waals surface area contributed by atoms with Gasteiger partial charge in [-0.25, -0.2) is 0 Å². The average Bonchev–Trinajstić information content (AvgIpc) is 3.15. The van der Waals surface area contributed by atoms with Crippen molar-refractivity contribution in [3.05, 3.63) is 64.6 Å². The quantitative estimate of drug-likeness (QED) is 0.853. The monoisotopic (exact) mass is 388 g/mol. The van der Waals surface area contributed by atoms with Crippen molar-refractivity contribution < 1.29 is 9.53 Å². The van der Waals surface area contributed by atoms with Crippen molar-refractivity contribution in [2.45, 2.75) is 18.6 Å². The Morgan fingerprint density at radius 1 is 1.21 bits per heavy atom. The molecule has 0 spiro atoms. The third-order valence-electron chi connectivity index (χ3n) is 4.34. The van der Waals surface area contributed by atoms with E-state index in [0.717, 1.165) is 29.5 Å². The molecule has 1 fully saturated rings. The van der Waals surface area contributed by atoms with Crippen molar-refractivity contribution in [1.82, 2.24) is 10.2 Å². The molecule has 2 unspecified atom stereocenters. The van der Waals surface area contributed by atoms with Gasteiger partial charge in [0.15, 0.2) is 0 Å². The Labute approximate surface area is 150 Å². The predicted octanol–water partition coefficient (Wildman–Crippen LogP) is 3.39. The zero-order valence-corrected chi connectivity index (χ0v) is 15.2. The summed E-state index contributed by atoms with van der Waals surface area (Å²) in [4.78, 5) is 14.9. The number of ether oxygens (including phenoxy) is 1. The van der Waals surface area contributed by atoms with E-state index in [2.05, 4.69) is 21.2 Å². The van der Waals surface area contributed by atoms with Crippen LogP contribution in [0.25, 0.3) is 0 Å². The fraction of sp³-hybridized carbons (Fsp3) is 0.316. The molecule has 0 radical (unpaired) electrons. The van der Waals surface area contributed by atoms with E-state index in [1.807, 2.05) is 66.5 Å². The summed E-state index contributed by atoms with van der Waals surface area (Å²) in [6, 6.07) is 17.5. The molecule has 3 rings (SSSR count). The third-order valence-corrected chi connectivity index (χ3v) is 4.99. The van der Waals surface area contributed by atoms with E-state index in [4.69, 9.17) is 4.74 Å². The van der Waals surface area contributed by atoms with Crippen LogP contribution in [0.3, 0.4) is 0 Å². The Morgan fingerprint density at radius 2 is 1.92 bits per heavy atom. The lowest BCUT2D eigenvalue weighted by atomic mass is 10.1. The summed E-state index contributed by atoms with van der Waals surface area (Å²) in [5.74, 6) is 0.642. The molecule has 24 heavy (non-hydrogen) atoms. The summed E-state index contributed by atoms with van der Waals surface area (Å²) >= 11 is 3.49. The second-order valence-electron chi connectivity index (χ2n) is 5.93. The molecule has 1 saturated heterocycles. The highest BCUT2D eigenvalue weighted by molar-refractivity contribution is 9.10. The molecule has 4 nitrogen and oxygen atoms in total. The van der Waals surface area contributed by atoms with E-state index in [-0.39, 0.29) is 11.9 Å². The number of amides is 1. The minimum Gasteiger partial charge on any atom is -0.475 e. The number of rotatable bonds is 5. The van der Waals surface area contributed by atoms with Gasteiger partial charge in [0.1, 0.15) is 5.75 Å². The molecule has 1 aliphatic rings. The van der Waals surface area contributed by atoms with Crippen LogP contribution in [-0.2, 0) is 4.79 Å². The minimum absolute atomic E-state index is 0.0225. The zero-order chi connectivity index (χ0) is 16.9. The largest absolute Gasteiger partial charge is 0.475 e. The molecule has 1 amide bonds. The lowest BCUT2D eigenvalue weighted by Crippen LogP contribution is -2.42. The summed E-state index contributed by atoms with van der Waals surface area (Å²) in [6.45, 7) is 1.78. The number of halogens is 1. The van der Waals surface area contributed by atoms with Crippen LogP contribution in [0.2, 0.25) is 0 Å². The normalized spacial score (nSPS) is 18.2. The molecule has 0 saturated carbocycles. The van der Waals surface area contributed by atoms with E-state index < -0.39 is 6.10 Å². The summed E-state index contributed by atoms with van der Waals surface area (Å²) in [5.41, 5.74) is 0.857. The summed E-state index contributed by atoms with van der Waals surface area (Å²) in [7, 11) is 1.86. The van der Waals surface area contributed by atoms with Crippen molar-refractivity contribution >= 4 is 21.8 Å². The Bertz CT molecular complexity index is 687. The van der Waals surface area contributed by atoms with Gasteiger partial charge in [0.2, 0.25) is 6.10 Å². The number of nitrogens with zero attached hydrogens (tertiary/aromatic N) is 1. The van der Waals surface area contributed by atoms with Gasteiger partial charge in [0, 0.05) is 25.2 Å². The van der Waals surface area contributed by atoms with Crippen molar-refractivity contribution in [2.75, 3.05) is 20.1 Å². The van der Waals surface area contributed by atoms with Crippen molar-refractivity contribution in [3.8, 4) is 5.75 Å². The van der Waals surface area contributed by atoms with Crippen LogP contribution < -0.4 is 10.1 Å². The predicted molar refractivity (Wildman–Crippen MR) is 98.0 cm³/mol. The smallest absolute Gasteiger partial charge is 0.268 e. The Hall–Kier alpha value is -1.85. The van der Waals surface area contributed by atoms with Crippen LogP contribution >= 0.6 is 15.9 Å². The van der Waals surface area contributed by atoms with E-state index in [0.29, 0.717) is 5.75 Å². The number of hydrogen-bond acceptors (Lipinski definition) is 3. The van der Waals surface area contributed by atoms with Gasteiger partial charge in [-0.2, -0.15) is 0 Å². The molecular weight excluding hydrogens is 368 g/mol. The van der Waals surface area contributed by atoms with Gasteiger partial charge in [-0.05, 0) is 41.0 Å². The SMILES string of the molecule is CN(C(=O)C(Oc1ccccc1Br)c1ccccc1)C1CCNC1. The zero-order valence-electron chi connectivity index (χ0n) is 13.6. The molecule has 0 aromatic heterocycles. The fourth-order valence-corrected chi connectivity index (χ4v) is 3.27. The lowest BCUT2D eigenvalue weighted by molar-refractivity contribution is -0.139. The van der Waals surface area contributed by atoms with Crippen LogP contribution in [0.1, 0.15) is 18.1 Å². The van der Waals surface area contributed by atoms with Crippen LogP contribution in [0.4, 0.5) is 0 Å². The maximum absolute atomic E-state index is 13.1. The first-order valence-electron chi connectivity index (χ1n) is 8.10. The van der Waals surface area contributed by atoms with Crippen LogP contribution in [0.15, 0.2) is 59.1 Å². The van der Waals surface area contributed by atoms with Gasteiger partial charge in [-0.3, -0.25) is 4.79 Å². The van der Waals surface area contributed by atoms with Gasteiger partial charge >= 0.3 is 0 Å². The van der Waals surface area contributed by atoms with Gasteiger partial charge in [-0.15, -0.1) is 0 Å². The first-order chi connectivity index (χ1) is 11.7. The number of para-hydroxylation sites is 1. The van der Waals surface area contributed by atoms with Crippen molar-refractivity contribution in [1.29, 1.82) is 0 Å². The Balaban J connectivity index is 1.87. The first-order valence-corrected chi connectivity index (χ1v) is 8.89. The van der Waals surface area contributed by atoms with Crippen molar-refractivity contribution in [3.63, 3.8) is 0 Å². The number of nitrogens with one attached hydrogen (secondary N) is 1. The minimum atomic E-state index is -0.657. The lowest BCUT2D eigenvalue weighted by Gasteiger charge is -2.29. The topological polar surface area (TPSA) is 41.6 Å². The molecule has 1 N–H and O–H groups in total. The molecule has 0 bridgehead atoms. The number of carbonyl (C=O) groups excluding carboxylic acids is 1. The second-order valence-corrected chi connectivity index (χ2v) is 6.79. The number of likely N-dealkylation sites (N-methyl/N-ethyl adjacent to an activating group) is 1. The van der Waals surface area contributed by atoms with E-state index in [9.17, 15) is 4.79 Å². The van der Waals surface area contributed by atoms with Crippen molar-refractivity contribution in [2.24, 2.45) is 0 Å². The average molecular weight is 389 g/mol. The van der Waals surface area contributed by atoms with Crippen LogP contribution in [0.5, 0.6) is 5.75 Å². The van der Waals surface area contributed by atoms with Crippen LogP contribution in [-0.4, -0.2) is 37.0 Å². The molecular formula is C19H21BrN2O2. The Morgan fingerprint density at radius 3 is 2.58 bits per heavy atom. The second kappa shape index (κ2) is 7.81. The summed E-state index contributed by atoms with van der Waals surface area (Å²) < 4.78 is 6.95. The maximum Gasteiger partial charge on any atom is 0.268 e. The van der Waals surface area contributed by atoms with Gasteiger partial charge in [0.25, 0.3) is 5.91 Å². The van der Waals surface area contributed by atoms with E-state index >= 15 is 0 Å². The first kappa shape index (κ1) is 17.0. The maximum atomic E-state index is 13.1. The molecule has 1 aliphatic heterocycles.